The Kier molecular flexibility index (Phi) is 7.46. The molecule has 2 fully saturated rings. The van der Waals surface area contributed by atoms with Crippen LogP contribution in [0.25, 0.3) is 5.76 Å². The Morgan fingerprint density at radius 2 is 1.78 bits per heavy atom. The quantitative estimate of drug-likeness (QED) is 0.258. The van der Waals surface area contributed by atoms with Crippen molar-refractivity contribution in [3.63, 3.8) is 0 Å². The average molecular weight is 498 g/mol. The van der Waals surface area contributed by atoms with Crippen molar-refractivity contribution >= 4 is 23.4 Å². The number of carbonyl (C=O) groups excluding carboxylic acids is 3. The lowest BCUT2D eigenvalue weighted by atomic mass is 9.94. The number of aliphatic hydroxyl groups is 1. The lowest BCUT2D eigenvalue weighted by Gasteiger charge is -2.31. The van der Waals surface area contributed by atoms with E-state index in [1.165, 1.54) is 12.0 Å². The van der Waals surface area contributed by atoms with Crippen LogP contribution in [0, 0.1) is 13.8 Å². The van der Waals surface area contributed by atoms with Crippen LogP contribution in [-0.4, -0.2) is 91.2 Å². The van der Waals surface area contributed by atoms with Crippen LogP contribution in [-0.2, 0) is 19.1 Å². The minimum Gasteiger partial charge on any atom is -0.507 e. The summed E-state index contributed by atoms with van der Waals surface area (Å²) >= 11 is 0. The van der Waals surface area contributed by atoms with E-state index < -0.39 is 23.7 Å². The molecular formula is C26H31N3O7. The van der Waals surface area contributed by atoms with Crippen LogP contribution in [0.2, 0.25) is 0 Å². The molecule has 10 nitrogen and oxygen atoms in total. The number of aromatic amines is 1. The van der Waals surface area contributed by atoms with Gasteiger partial charge in [0.25, 0.3) is 11.7 Å². The first-order chi connectivity index (χ1) is 17.3. The number of Topliss-reactive ketones (excluding diaryl/α,β-unsaturated/α-hetero) is 1. The number of nitrogens with zero attached hydrogens (tertiary/aromatic N) is 2. The van der Waals surface area contributed by atoms with Gasteiger partial charge in [0.15, 0.2) is 0 Å². The number of esters is 1. The molecule has 2 N–H and O–H groups in total. The molecule has 1 aromatic heterocycles. The van der Waals surface area contributed by atoms with Gasteiger partial charge in [-0.3, -0.25) is 14.5 Å². The number of likely N-dealkylation sites (tertiary alicyclic amines) is 1. The molecule has 1 unspecified atom stereocenters. The smallest absolute Gasteiger partial charge is 0.354 e. The number of hydrogen-bond acceptors (Lipinski definition) is 8. The number of rotatable bonds is 7. The molecule has 0 aliphatic carbocycles. The molecule has 2 aliphatic rings. The van der Waals surface area contributed by atoms with E-state index in [0.717, 1.165) is 13.1 Å². The third-order valence-electron chi connectivity index (χ3n) is 6.80. The summed E-state index contributed by atoms with van der Waals surface area (Å²) in [6.45, 7) is 6.94. The maximum atomic E-state index is 13.3. The summed E-state index contributed by atoms with van der Waals surface area (Å²) in [5.41, 5.74) is 2.05. The fraction of sp³-hybridized carbons (Fsp3) is 0.423. The van der Waals surface area contributed by atoms with Gasteiger partial charge >= 0.3 is 5.97 Å². The van der Waals surface area contributed by atoms with Gasteiger partial charge < -0.3 is 29.2 Å². The lowest BCUT2D eigenvalue weighted by molar-refractivity contribution is -0.140. The van der Waals surface area contributed by atoms with Crippen LogP contribution < -0.4 is 4.74 Å². The zero-order chi connectivity index (χ0) is 26.0. The Labute approximate surface area is 209 Å². The van der Waals surface area contributed by atoms with Crippen molar-refractivity contribution < 1.29 is 33.7 Å². The predicted molar refractivity (Wildman–Crippen MR) is 131 cm³/mol. The molecular weight excluding hydrogens is 466 g/mol. The van der Waals surface area contributed by atoms with Gasteiger partial charge in [-0.05, 0) is 37.1 Å². The van der Waals surface area contributed by atoms with Gasteiger partial charge in [0.05, 0.1) is 39.0 Å². The second-order valence-corrected chi connectivity index (χ2v) is 8.84. The van der Waals surface area contributed by atoms with Crippen molar-refractivity contribution in [3.8, 4) is 5.75 Å². The predicted octanol–water partition coefficient (Wildman–Crippen LogP) is 2.18. The molecule has 192 valence electrons. The SMILES string of the molecule is COC(=O)c1[nH]c(C)c(/C(O)=C2\C(=O)C(=O)N(CCN3CCOCC3)C2c2ccc(OC)cc2)c1C. The molecule has 10 heteroatoms. The summed E-state index contributed by atoms with van der Waals surface area (Å²) in [4.78, 5) is 45.4. The lowest BCUT2D eigenvalue weighted by Crippen LogP contribution is -2.42. The van der Waals surface area contributed by atoms with Crippen molar-refractivity contribution in [2.24, 2.45) is 0 Å². The Morgan fingerprint density at radius 1 is 1.11 bits per heavy atom. The number of aromatic nitrogens is 1. The van der Waals surface area contributed by atoms with E-state index in [2.05, 4.69) is 9.88 Å². The minimum absolute atomic E-state index is 0.0197. The number of ketones is 1. The molecule has 1 atom stereocenters. The minimum atomic E-state index is -0.799. The van der Waals surface area contributed by atoms with Crippen molar-refractivity contribution in [1.82, 2.24) is 14.8 Å². The van der Waals surface area contributed by atoms with E-state index in [0.29, 0.717) is 54.4 Å². The number of nitrogens with one attached hydrogen (secondary N) is 1. The molecule has 0 spiro atoms. The van der Waals surface area contributed by atoms with Gasteiger partial charge in [-0.25, -0.2) is 4.79 Å². The zero-order valence-corrected chi connectivity index (χ0v) is 20.9. The standard InChI is InChI=1S/C26H31N3O7/c1-15-19(16(2)27-21(15)26(33)35-4)23(30)20-22(17-5-7-18(34-3)8-6-17)29(25(32)24(20)31)10-9-28-11-13-36-14-12-28/h5-8,22,27,30H,9-14H2,1-4H3/b23-20+. The first-order valence-electron chi connectivity index (χ1n) is 11.8. The number of carbonyl (C=O) groups is 3. The highest BCUT2D eigenvalue weighted by Crippen LogP contribution is 2.41. The van der Waals surface area contributed by atoms with E-state index in [1.807, 2.05) is 0 Å². The summed E-state index contributed by atoms with van der Waals surface area (Å²) < 4.78 is 15.5. The highest BCUT2D eigenvalue weighted by Gasteiger charge is 2.46. The van der Waals surface area contributed by atoms with E-state index in [-0.39, 0.29) is 17.0 Å². The third-order valence-corrected chi connectivity index (χ3v) is 6.80. The van der Waals surface area contributed by atoms with E-state index in [1.54, 1.807) is 45.2 Å². The third kappa shape index (κ3) is 4.61. The molecule has 0 radical (unpaired) electrons. The Bertz CT molecular complexity index is 1190. The fourth-order valence-corrected chi connectivity index (χ4v) is 4.86. The molecule has 36 heavy (non-hydrogen) atoms. The molecule has 1 aromatic carbocycles. The fourth-order valence-electron chi connectivity index (χ4n) is 4.86. The number of aryl methyl sites for hydroxylation is 1. The van der Waals surface area contributed by atoms with Gasteiger partial charge in [-0.15, -0.1) is 0 Å². The number of H-pyrrole nitrogens is 1. The molecule has 2 saturated heterocycles. The number of morpholine rings is 1. The number of aliphatic hydroxyl groups excluding tert-OH is 1. The normalized spacial score (nSPS) is 20.1. The molecule has 2 aromatic rings. The highest BCUT2D eigenvalue weighted by molar-refractivity contribution is 6.46. The van der Waals surface area contributed by atoms with Crippen LogP contribution in [0.4, 0.5) is 0 Å². The summed E-state index contributed by atoms with van der Waals surface area (Å²) in [6.07, 6.45) is 0. The summed E-state index contributed by atoms with van der Waals surface area (Å²) in [5.74, 6) is -1.74. The second kappa shape index (κ2) is 10.5. The first-order valence-corrected chi connectivity index (χ1v) is 11.8. The molecule has 0 saturated carbocycles. The maximum Gasteiger partial charge on any atom is 0.354 e. The number of benzene rings is 1. The van der Waals surface area contributed by atoms with Gasteiger partial charge in [0, 0.05) is 37.4 Å². The monoisotopic (exact) mass is 497 g/mol. The van der Waals surface area contributed by atoms with Gasteiger partial charge in [-0.2, -0.15) is 0 Å². The number of hydrogen-bond donors (Lipinski definition) is 2. The van der Waals surface area contributed by atoms with Crippen LogP contribution in [0.15, 0.2) is 29.8 Å². The first kappa shape index (κ1) is 25.5. The summed E-state index contributed by atoms with van der Waals surface area (Å²) in [5, 5.41) is 11.5. The van der Waals surface area contributed by atoms with Crippen molar-refractivity contribution in [2.45, 2.75) is 19.9 Å². The van der Waals surface area contributed by atoms with Gasteiger partial charge in [0.1, 0.15) is 17.2 Å². The Morgan fingerprint density at radius 3 is 2.39 bits per heavy atom. The van der Waals surface area contributed by atoms with Crippen molar-refractivity contribution in [3.05, 3.63) is 57.9 Å². The van der Waals surface area contributed by atoms with Gasteiger partial charge in [-0.1, -0.05) is 12.1 Å². The number of ether oxygens (including phenoxy) is 3. The maximum absolute atomic E-state index is 13.3. The van der Waals surface area contributed by atoms with Crippen LogP contribution >= 0.6 is 0 Å². The van der Waals surface area contributed by atoms with E-state index in [4.69, 9.17) is 14.2 Å². The summed E-state index contributed by atoms with van der Waals surface area (Å²) in [6, 6.07) is 6.26. The molecule has 2 aliphatic heterocycles. The second-order valence-electron chi connectivity index (χ2n) is 8.84. The number of methoxy groups -OCH3 is 2. The summed E-state index contributed by atoms with van der Waals surface area (Å²) in [7, 11) is 2.82. The Balaban J connectivity index is 1.80. The topological polar surface area (TPSA) is 121 Å². The van der Waals surface area contributed by atoms with Crippen molar-refractivity contribution in [2.75, 3.05) is 53.6 Å². The van der Waals surface area contributed by atoms with Crippen LogP contribution in [0.3, 0.4) is 0 Å². The molecule has 0 bridgehead atoms. The van der Waals surface area contributed by atoms with Gasteiger partial charge in [0.2, 0.25) is 0 Å². The average Bonchev–Trinajstić information content (AvgIpc) is 3.34. The van der Waals surface area contributed by atoms with E-state index in [9.17, 15) is 19.5 Å². The van der Waals surface area contributed by atoms with Crippen molar-refractivity contribution in [1.29, 1.82) is 0 Å². The zero-order valence-electron chi connectivity index (χ0n) is 20.9. The van der Waals surface area contributed by atoms with Crippen LogP contribution in [0.5, 0.6) is 5.75 Å². The Hall–Kier alpha value is -3.63. The molecule has 1 amide bonds. The molecule has 3 heterocycles. The van der Waals surface area contributed by atoms with Crippen LogP contribution in [0.1, 0.15) is 38.9 Å². The molecule has 4 rings (SSSR count). The van der Waals surface area contributed by atoms with E-state index >= 15 is 0 Å². The number of amides is 1. The largest absolute Gasteiger partial charge is 0.507 e. The highest BCUT2D eigenvalue weighted by atomic mass is 16.5.